The predicted molar refractivity (Wildman–Crippen MR) is 78.0 cm³/mol. The van der Waals surface area contributed by atoms with Crippen LogP contribution in [0.3, 0.4) is 0 Å². The zero-order chi connectivity index (χ0) is 13.1. The van der Waals surface area contributed by atoms with Gasteiger partial charge < -0.3 is 5.32 Å². The summed E-state index contributed by atoms with van der Waals surface area (Å²) in [6.45, 7) is 3.94. The van der Waals surface area contributed by atoms with Crippen LogP contribution in [0.1, 0.15) is 21.5 Å². The summed E-state index contributed by atoms with van der Waals surface area (Å²) >= 11 is 3.45. The fourth-order valence-corrected chi connectivity index (χ4v) is 2.17. The average Bonchev–Trinajstić information content (AvgIpc) is 2.35. The van der Waals surface area contributed by atoms with Crippen LogP contribution in [-0.4, -0.2) is 5.91 Å². The fourth-order valence-electron chi connectivity index (χ4n) is 1.73. The van der Waals surface area contributed by atoms with Crippen molar-refractivity contribution in [1.82, 2.24) is 0 Å². The number of amides is 1. The molecule has 0 aromatic heterocycles. The number of carbonyl (C=O) groups excluding carboxylic acids is 1. The van der Waals surface area contributed by atoms with Crippen molar-refractivity contribution >= 4 is 27.5 Å². The largest absolute Gasteiger partial charge is 0.322 e. The van der Waals surface area contributed by atoms with Gasteiger partial charge in [-0.05, 0) is 53.0 Å². The maximum atomic E-state index is 12.2. The van der Waals surface area contributed by atoms with Crippen molar-refractivity contribution in [3.63, 3.8) is 0 Å². The molecule has 2 nitrogen and oxygen atoms in total. The van der Waals surface area contributed by atoms with Crippen molar-refractivity contribution in [2.45, 2.75) is 13.8 Å². The van der Waals surface area contributed by atoms with Crippen LogP contribution in [0.25, 0.3) is 0 Å². The molecule has 2 aromatic rings. The zero-order valence-corrected chi connectivity index (χ0v) is 11.9. The van der Waals surface area contributed by atoms with Crippen LogP contribution in [0.2, 0.25) is 0 Å². The first-order chi connectivity index (χ1) is 8.59. The summed E-state index contributed by atoms with van der Waals surface area (Å²) in [6.07, 6.45) is 0. The van der Waals surface area contributed by atoms with E-state index < -0.39 is 0 Å². The van der Waals surface area contributed by atoms with Crippen LogP contribution in [-0.2, 0) is 0 Å². The number of benzene rings is 2. The molecule has 0 bridgehead atoms. The predicted octanol–water partition coefficient (Wildman–Crippen LogP) is 4.32. The smallest absolute Gasteiger partial charge is 0.256 e. The van der Waals surface area contributed by atoms with Crippen molar-refractivity contribution in [1.29, 1.82) is 0 Å². The van der Waals surface area contributed by atoms with Gasteiger partial charge in [0.1, 0.15) is 0 Å². The van der Waals surface area contributed by atoms with Crippen LogP contribution >= 0.6 is 15.9 Å². The maximum Gasteiger partial charge on any atom is 0.256 e. The first-order valence-corrected chi connectivity index (χ1v) is 6.51. The summed E-state index contributed by atoms with van der Waals surface area (Å²) in [5.74, 6) is -0.0973. The fraction of sp³-hybridized carbons (Fsp3) is 0.133. The number of aryl methyl sites for hydroxylation is 2. The molecule has 0 saturated carbocycles. The van der Waals surface area contributed by atoms with E-state index in [2.05, 4.69) is 21.2 Å². The summed E-state index contributed by atoms with van der Waals surface area (Å²) in [7, 11) is 0. The molecule has 0 radical (unpaired) electrons. The highest BCUT2D eigenvalue weighted by atomic mass is 79.9. The van der Waals surface area contributed by atoms with E-state index in [1.54, 1.807) is 0 Å². The molecule has 0 spiro atoms. The van der Waals surface area contributed by atoms with Gasteiger partial charge in [-0.3, -0.25) is 4.79 Å². The second-order valence-corrected chi connectivity index (χ2v) is 5.00. The van der Waals surface area contributed by atoms with E-state index in [0.29, 0.717) is 5.56 Å². The Kier molecular flexibility index (Phi) is 3.82. The lowest BCUT2D eigenvalue weighted by molar-refractivity contribution is 0.102. The molecular formula is C15H14BrNO. The molecule has 1 N–H and O–H groups in total. The van der Waals surface area contributed by atoms with Crippen molar-refractivity contribution < 1.29 is 4.79 Å². The Morgan fingerprint density at radius 3 is 2.39 bits per heavy atom. The first kappa shape index (κ1) is 12.8. The Morgan fingerprint density at radius 2 is 1.67 bits per heavy atom. The molecule has 0 aliphatic carbocycles. The number of para-hydroxylation sites is 1. The van der Waals surface area contributed by atoms with Crippen LogP contribution < -0.4 is 5.32 Å². The number of anilines is 1. The van der Waals surface area contributed by atoms with Gasteiger partial charge in [-0.25, -0.2) is 0 Å². The number of rotatable bonds is 2. The number of nitrogens with one attached hydrogen (secondary N) is 1. The van der Waals surface area contributed by atoms with Crippen molar-refractivity contribution in [2.75, 3.05) is 5.32 Å². The van der Waals surface area contributed by atoms with Gasteiger partial charge >= 0.3 is 0 Å². The van der Waals surface area contributed by atoms with E-state index in [1.165, 1.54) is 0 Å². The average molecular weight is 304 g/mol. The third-order valence-corrected chi connectivity index (χ3v) is 3.88. The van der Waals surface area contributed by atoms with E-state index in [9.17, 15) is 4.79 Å². The summed E-state index contributed by atoms with van der Waals surface area (Å²) < 4.78 is 0.844. The SMILES string of the molecule is Cc1ccccc1NC(=O)c1cccc(C)c1Br. The van der Waals surface area contributed by atoms with Crippen LogP contribution in [0.5, 0.6) is 0 Å². The van der Waals surface area contributed by atoms with Crippen LogP contribution in [0, 0.1) is 13.8 Å². The van der Waals surface area contributed by atoms with Crippen LogP contribution in [0.15, 0.2) is 46.9 Å². The summed E-state index contributed by atoms with van der Waals surface area (Å²) in [6, 6.07) is 13.4. The molecule has 0 atom stereocenters. The summed E-state index contributed by atoms with van der Waals surface area (Å²) in [4.78, 5) is 12.2. The molecule has 1 amide bonds. The minimum atomic E-state index is -0.0973. The molecule has 92 valence electrons. The molecule has 0 heterocycles. The second-order valence-electron chi connectivity index (χ2n) is 4.21. The standard InChI is InChI=1S/C15H14BrNO/c1-10-6-3-4-9-13(10)17-15(18)12-8-5-7-11(2)14(12)16/h3-9H,1-2H3,(H,17,18). The zero-order valence-electron chi connectivity index (χ0n) is 10.3. The van der Waals surface area contributed by atoms with Crippen molar-refractivity contribution in [3.05, 3.63) is 63.6 Å². The molecule has 2 rings (SSSR count). The van der Waals surface area contributed by atoms with E-state index in [0.717, 1.165) is 21.3 Å². The van der Waals surface area contributed by atoms with E-state index in [-0.39, 0.29) is 5.91 Å². The molecular weight excluding hydrogens is 290 g/mol. The van der Waals surface area contributed by atoms with E-state index in [4.69, 9.17) is 0 Å². The molecule has 2 aromatic carbocycles. The van der Waals surface area contributed by atoms with Crippen LogP contribution in [0.4, 0.5) is 5.69 Å². The Labute approximate surface area is 115 Å². The summed E-state index contributed by atoms with van der Waals surface area (Å²) in [5, 5.41) is 2.93. The quantitative estimate of drug-likeness (QED) is 0.879. The molecule has 0 unspecified atom stereocenters. The Bertz CT molecular complexity index is 593. The monoisotopic (exact) mass is 303 g/mol. The van der Waals surface area contributed by atoms with Gasteiger partial charge in [0, 0.05) is 10.2 Å². The highest BCUT2D eigenvalue weighted by molar-refractivity contribution is 9.10. The molecule has 0 fully saturated rings. The van der Waals surface area contributed by atoms with Gasteiger partial charge in [-0.2, -0.15) is 0 Å². The lowest BCUT2D eigenvalue weighted by Crippen LogP contribution is -2.13. The third-order valence-electron chi connectivity index (χ3n) is 2.83. The molecule has 18 heavy (non-hydrogen) atoms. The Morgan fingerprint density at radius 1 is 1.00 bits per heavy atom. The maximum absolute atomic E-state index is 12.2. The molecule has 0 saturated heterocycles. The normalized spacial score (nSPS) is 10.2. The van der Waals surface area contributed by atoms with E-state index >= 15 is 0 Å². The Balaban J connectivity index is 2.28. The van der Waals surface area contributed by atoms with Crippen molar-refractivity contribution in [3.8, 4) is 0 Å². The molecule has 3 heteroatoms. The van der Waals surface area contributed by atoms with Gasteiger partial charge in [0.15, 0.2) is 0 Å². The van der Waals surface area contributed by atoms with Gasteiger partial charge in [0.25, 0.3) is 5.91 Å². The van der Waals surface area contributed by atoms with E-state index in [1.807, 2.05) is 56.3 Å². The Hall–Kier alpha value is -1.61. The van der Waals surface area contributed by atoms with Gasteiger partial charge in [0.2, 0.25) is 0 Å². The van der Waals surface area contributed by atoms with Gasteiger partial charge in [-0.15, -0.1) is 0 Å². The topological polar surface area (TPSA) is 29.1 Å². The minimum Gasteiger partial charge on any atom is -0.322 e. The number of carbonyl (C=O) groups is 1. The number of halogens is 1. The highest BCUT2D eigenvalue weighted by Gasteiger charge is 2.11. The molecule has 0 aliphatic rings. The highest BCUT2D eigenvalue weighted by Crippen LogP contribution is 2.22. The third kappa shape index (κ3) is 2.62. The van der Waals surface area contributed by atoms with Crippen molar-refractivity contribution in [2.24, 2.45) is 0 Å². The first-order valence-electron chi connectivity index (χ1n) is 5.71. The van der Waals surface area contributed by atoms with Gasteiger partial charge in [0.05, 0.1) is 5.56 Å². The minimum absolute atomic E-state index is 0.0973. The summed E-state index contributed by atoms with van der Waals surface area (Å²) in [5.41, 5.74) is 3.59. The number of hydrogen-bond donors (Lipinski definition) is 1. The second kappa shape index (κ2) is 5.36. The molecule has 0 aliphatic heterocycles. The van der Waals surface area contributed by atoms with Gasteiger partial charge in [-0.1, -0.05) is 30.3 Å². The lowest BCUT2D eigenvalue weighted by Gasteiger charge is -2.10. The lowest BCUT2D eigenvalue weighted by atomic mass is 10.1. The number of hydrogen-bond acceptors (Lipinski definition) is 1.